The molecule has 1 aliphatic heterocycles. The minimum atomic E-state index is -0.573. The molecule has 24 heavy (non-hydrogen) atoms. The Bertz CT molecular complexity index is 690. The number of amides is 1. The van der Waals surface area contributed by atoms with E-state index in [1.807, 2.05) is 61.6 Å². The lowest BCUT2D eigenvalue weighted by Gasteiger charge is -2.35. The van der Waals surface area contributed by atoms with Crippen LogP contribution in [0.5, 0.6) is 5.75 Å². The second-order valence-electron chi connectivity index (χ2n) is 5.82. The summed E-state index contributed by atoms with van der Waals surface area (Å²) in [5.41, 5.74) is 1.89. The van der Waals surface area contributed by atoms with Crippen LogP contribution in [0.25, 0.3) is 0 Å². The minimum Gasteiger partial charge on any atom is -0.497 e. The van der Waals surface area contributed by atoms with E-state index in [2.05, 4.69) is 5.32 Å². The number of anilines is 1. The maximum absolute atomic E-state index is 12.6. The van der Waals surface area contributed by atoms with E-state index in [0.29, 0.717) is 13.2 Å². The summed E-state index contributed by atoms with van der Waals surface area (Å²) in [5, 5.41) is 3.44. The molecule has 0 radical (unpaired) electrons. The standard InChI is InChI=1S/C19H22N2O3/c1-21-11-12-24-18(19(21)22)17(20-15-8-4-3-5-9-15)14-7-6-10-16(13-14)23-2/h3-10,13,17-18,20H,11-12H2,1-2H3. The second kappa shape index (κ2) is 7.36. The number of methoxy groups -OCH3 is 1. The number of carbonyl (C=O) groups is 1. The van der Waals surface area contributed by atoms with Crippen molar-refractivity contribution in [3.63, 3.8) is 0 Å². The van der Waals surface area contributed by atoms with Crippen LogP contribution in [0.4, 0.5) is 5.69 Å². The molecule has 0 aromatic heterocycles. The zero-order valence-electron chi connectivity index (χ0n) is 13.9. The van der Waals surface area contributed by atoms with Crippen LogP contribution in [-0.2, 0) is 9.53 Å². The van der Waals surface area contributed by atoms with E-state index >= 15 is 0 Å². The SMILES string of the molecule is COc1cccc(C(Nc2ccccc2)C2OCCN(C)C2=O)c1. The number of carbonyl (C=O) groups excluding carboxylic acids is 1. The number of benzene rings is 2. The van der Waals surface area contributed by atoms with Gasteiger partial charge in [0.2, 0.25) is 0 Å². The molecule has 2 aromatic rings. The van der Waals surface area contributed by atoms with Gasteiger partial charge in [-0.3, -0.25) is 4.79 Å². The van der Waals surface area contributed by atoms with Gasteiger partial charge in [-0.2, -0.15) is 0 Å². The van der Waals surface area contributed by atoms with Gasteiger partial charge >= 0.3 is 0 Å². The first-order chi connectivity index (χ1) is 11.7. The fourth-order valence-corrected chi connectivity index (χ4v) is 2.84. The molecule has 2 aromatic carbocycles. The number of nitrogens with zero attached hydrogens (tertiary/aromatic N) is 1. The molecule has 2 unspecified atom stereocenters. The summed E-state index contributed by atoms with van der Waals surface area (Å²) in [6.45, 7) is 1.15. The third-order valence-electron chi connectivity index (χ3n) is 4.20. The zero-order valence-corrected chi connectivity index (χ0v) is 13.9. The molecule has 1 saturated heterocycles. The van der Waals surface area contributed by atoms with E-state index in [0.717, 1.165) is 17.0 Å². The highest BCUT2D eigenvalue weighted by Crippen LogP contribution is 2.29. The Morgan fingerprint density at radius 2 is 2.00 bits per heavy atom. The van der Waals surface area contributed by atoms with E-state index in [9.17, 15) is 4.79 Å². The van der Waals surface area contributed by atoms with Crippen LogP contribution in [0.2, 0.25) is 0 Å². The van der Waals surface area contributed by atoms with Crippen LogP contribution in [-0.4, -0.2) is 44.2 Å². The van der Waals surface area contributed by atoms with Crippen molar-refractivity contribution in [1.29, 1.82) is 0 Å². The quantitative estimate of drug-likeness (QED) is 0.918. The highest BCUT2D eigenvalue weighted by molar-refractivity contribution is 5.83. The molecule has 5 nitrogen and oxygen atoms in total. The molecule has 1 fully saturated rings. The molecule has 1 N–H and O–H groups in total. The Labute approximate surface area is 142 Å². The highest BCUT2D eigenvalue weighted by Gasteiger charge is 2.35. The van der Waals surface area contributed by atoms with Crippen LogP contribution < -0.4 is 10.1 Å². The molecule has 1 heterocycles. The Balaban J connectivity index is 1.95. The molecular formula is C19H22N2O3. The van der Waals surface area contributed by atoms with Gasteiger partial charge in [0, 0.05) is 19.3 Å². The van der Waals surface area contributed by atoms with Crippen LogP contribution in [0.1, 0.15) is 11.6 Å². The van der Waals surface area contributed by atoms with Gasteiger partial charge < -0.3 is 19.7 Å². The van der Waals surface area contributed by atoms with Gasteiger partial charge in [0.25, 0.3) is 5.91 Å². The van der Waals surface area contributed by atoms with Crippen LogP contribution >= 0.6 is 0 Å². The molecule has 126 valence electrons. The second-order valence-corrected chi connectivity index (χ2v) is 5.82. The zero-order chi connectivity index (χ0) is 16.9. The number of ether oxygens (including phenoxy) is 2. The molecular weight excluding hydrogens is 304 g/mol. The smallest absolute Gasteiger partial charge is 0.254 e. The van der Waals surface area contributed by atoms with Gasteiger partial charge in [0.05, 0.1) is 19.8 Å². The van der Waals surface area contributed by atoms with E-state index in [1.165, 1.54) is 0 Å². The summed E-state index contributed by atoms with van der Waals surface area (Å²) < 4.78 is 11.2. The summed E-state index contributed by atoms with van der Waals surface area (Å²) in [4.78, 5) is 14.3. The summed E-state index contributed by atoms with van der Waals surface area (Å²) in [5.74, 6) is 0.737. The number of hydrogen-bond donors (Lipinski definition) is 1. The number of nitrogens with one attached hydrogen (secondary N) is 1. The Morgan fingerprint density at radius 1 is 1.21 bits per heavy atom. The number of morpholine rings is 1. The molecule has 0 saturated carbocycles. The average Bonchev–Trinajstić information content (AvgIpc) is 2.63. The first-order valence-electron chi connectivity index (χ1n) is 8.01. The lowest BCUT2D eigenvalue weighted by Crippen LogP contribution is -2.49. The lowest BCUT2D eigenvalue weighted by molar-refractivity contribution is -0.152. The molecule has 1 amide bonds. The Kier molecular flexibility index (Phi) is 5.01. The van der Waals surface area contributed by atoms with E-state index in [4.69, 9.17) is 9.47 Å². The van der Waals surface area contributed by atoms with Gasteiger partial charge in [0.15, 0.2) is 6.10 Å². The van der Waals surface area contributed by atoms with Crippen molar-refractivity contribution in [2.75, 3.05) is 32.6 Å². The Hall–Kier alpha value is -2.53. The van der Waals surface area contributed by atoms with Crippen molar-refractivity contribution in [2.24, 2.45) is 0 Å². The molecule has 3 rings (SSSR count). The fraction of sp³-hybridized carbons (Fsp3) is 0.316. The molecule has 0 spiro atoms. The van der Waals surface area contributed by atoms with Crippen LogP contribution in [0.3, 0.4) is 0 Å². The van der Waals surface area contributed by atoms with E-state index in [-0.39, 0.29) is 11.9 Å². The van der Waals surface area contributed by atoms with E-state index in [1.54, 1.807) is 12.0 Å². The summed E-state index contributed by atoms with van der Waals surface area (Å²) in [6, 6.07) is 17.3. The van der Waals surface area contributed by atoms with E-state index < -0.39 is 6.10 Å². The van der Waals surface area contributed by atoms with Gasteiger partial charge in [-0.05, 0) is 29.8 Å². The third kappa shape index (κ3) is 3.51. The molecule has 2 atom stereocenters. The largest absolute Gasteiger partial charge is 0.497 e. The molecule has 0 bridgehead atoms. The van der Waals surface area contributed by atoms with Gasteiger partial charge in [0.1, 0.15) is 5.75 Å². The van der Waals surface area contributed by atoms with Crippen molar-refractivity contribution < 1.29 is 14.3 Å². The normalized spacial score (nSPS) is 19.0. The maximum Gasteiger partial charge on any atom is 0.254 e. The summed E-state index contributed by atoms with van der Waals surface area (Å²) in [6.07, 6.45) is -0.573. The van der Waals surface area contributed by atoms with Gasteiger partial charge in [-0.25, -0.2) is 0 Å². The number of likely N-dealkylation sites (N-methyl/N-ethyl adjacent to an activating group) is 1. The van der Waals surface area contributed by atoms with Crippen molar-refractivity contribution in [3.8, 4) is 5.75 Å². The molecule has 0 aliphatic carbocycles. The van der Waals surface area contributed by atoms with Crippen LogP contribution in [0, 0.1) is 0 Å². The monoisotopic (exact) mass is 326 g/mol. The predicted molar refractivity (Wildman–Crippen MR) is 93.2 cm³/mol. The summed E-state index contributed by atoms with van der Waals surface area (Å²) >= 11 is 0. The third-order valence-corrected chi connectivity index (χ3v) is 4.20. The van der Waals surface area contributed by atoms with Crippen molar-refractivity contribution in [2.45, 2.75) is 12.1 Å². The number of rotatable bonds is 5. The first kappa shape index (κ1) is 16.3. The topological polar surface area (TPSA) is 50.8 Å². The van der Waals surface area contributed by atoms with Gasteiger partial charge in [-0.1, -0.05) is 30.3 Å². The average molecular weight is 326 g/mol. The number of para-hydroxylation sites is 1. The predicted octanol–water partition coefficient (Wildman–Crippen LogP) is 2.71. The lowest BCUT2D eigenvalue weighted by atomic mass is 9.98. The van der Waals surface area contributed by atoms with Crippen LogP contribution in [0.15, 0.2) is 54.6 Å². The highest BCUT2D eigenvalue weighted by atomic mass is 16.5. The molecule has 5 heteroatoms. The minimum absolute atomic E-state index is 0.0162. The van der Waals surface area contributed by atoms with Crippen molar-refractivity contribution >= 4 is 11.6 Å². The Morgan fingerprint density at radius 3 is 2.75 bits per heavy atom. The van der Waals surface area contributed by atoms with Gasteiger partial charge in [-0.15, -0.1) is 0 Å². The maximum atomic E-state index is 12.6. The fourth-order valence-electron chi connectivity index (χ4n) is 2.84. The number of hydrogen-bond acceptors (Lipinski definition) is 4. The first-order valence-corrected chi connectivity index (χ1v) is 8.01. The molecule has 1 aliphatic rings. The van der Waals surface area contributed by atoms with Crippen molar-refractivity contribution in [1.82, 2.24) is 4.90 Å². The van der Waals surface area contributed by atoms with Crippen molar-refractivity contribution in [3.05, 3.63) is 60.2 Å². The summed E-state index contributed by atoms with van der Waals surface area (Å²) in [7, 11) is 3.44.